The Labute approximate surface area is 111 Å². The number of aromatic nitrogens is 2. The highest BCUT2D eigenvalue weighted by atomic mass is 35.5. The first-order valence-corrected chi connectivity index (χ1v) is 5.44. The number of rotatable bonds is 2. The largest absolute Gasteiger partial charge is 0.491 e. The number of hydrogen-bond donors (Lipinski definition) is 2. The quantitative estimate of drug-likeness (QED) is 0.818. The monoisotopic (exact) mass is 290 g/mol. The second-order valence-corrected chi connectivity index (χ2v) is 4.16. The summed E-state index contributed by atoms with van der Waals surface area (Å²) in [6.45, 7) is 0. The van der Waals surface area contributed by atoms with E-state index in [-0.39, 0.29) is 16.2 Å². The highest BCUT2D eigenvalue weighted by Crippen LogP contribution is 2.32. The van der Waals surface area contributed by atoms with Gasteiger partial charge in [0.2, 0.25) is 0 Å². The van der Waals surface area contributed by atoms with Gasteiger partial charge in [-0.05, 0) is 18.2 Å². The Balaban J connectivity index is 2.48. The third-order valence-corrected chi connectivity index (χ3v) is 2.74. The zero-order chi connectivity index (χ0) is 14.2. The van der Waals surface area contributed by atoms with Gasteiger partial charge in [0.1, 0.15) is 0 Å². The predicted molar refractivity (Wildman–Crippen MR) is 63.4 cm³/mol. The molecule has 0 fully saturated rings. The van der Waals surface area contributed by atoms with E-state index >= 15 is 0 Å². The molecular formula is C10H7BClF3N2O2. The Morgan fingerprint density at radius 1 is 1.26 bits per heavy atom. The molecule has 2 aromatic rings. The average molecular weight is 290 g/mol. The van der Waals surface area contributed by atoms with Gasteiger partial charge >= 0.3 is 13.3 Å². The summed E-state index contributed by atoms with van der Waals surface area (Å²) in [5.74, 6) is 0. The van der Waals surface area contributed by atoms with E-state index in [9.17, 15) is 13.2 Å². The summed E-state index contributed by atoms with van der Waals surface area (Å²) >= 11 is 5.82. The van der Waals surface area contributed by atoms with Gasteiger partial charge in [-0.1, -0.05) is 11.6 Å². The van der Waals surface area contributed by atoms with Crippen LogP contribution in [0, 0.1) is 0 Å². The van der Waals surface area contributed by atoms with E-state index in [4.69, 9.17) is 21.6 Å². The third kappa shape index (κ3) is 2.91. The highest BCUT2D eigenvalue weighted by molar-refractivity contribution is 6.58. The maximum Gasteiger partial charge on any atom is 0.491 e. The van der Waals surface area contributed by atoms with Gasteiger partial charge in [0.15, 0.2) is 0 Å². The Hall–Kier alpha value is -1.51. The lowest BCUT2D eigenvalue weighted by atomic mass is 9.83. The first kappa shape index (κ1) is 13.9. The molecule has 2 N–H and O–H groups in total. The van der Waals surface area contributed by atoms with E-state index in [0.717, 1.165) is 29.1 Å². The minimum Gasteiger partial charge on any atom is -0.423 e. The molecule has 4 nitrogen and oxygen atoms in total. The highest BCUT2D eigenvalue weighted by Gasteiger charge is 2.31. The van der Waals surface area contributed by atoms with Crippen molar-refractivity contribution in [3.63, 3.8) is 0 Å². The van der Waals surface area contributed by atoms with Crippen molar-refractivity contribution in [1.82, 2.24) is 9.78 Å². The summed E-state index contributed by atoms with van der Waals surface area (Å²) in [4.78, 5) is 0. The lowest BCUT2D eigenvalue weighted by Gasteiger charge is -2.10. The maximum atomic E-state index is 12.6. The molecule has 0 atom stereocenters. The summed E-state index contributed by atoms with van der Waals surface area (Å²) < 4.78 is 38.8. The van der Waals surface area contributed by atoms with Crippen molar-refractivity contribution in [2.45, 2.75) is 6.18 Å². The molecule has 0 bridgehead atoms. The van der Waals surface area contributed by atoms with Gasteiger partial charge in [0, 0.05) is 17.9 Å². The van der Waals surface area contributed by atoms with Crippen LogP contribution in [0.2, 0.25) is 5.02 Å². The van der Waals surface area contributed by atoms with Crippen molar-refractivity contribution in [2.75, 3.05) is 0 Å². The van der Waals surface area contributed by atoms with Crippen molar-refractivity contribution >= 4 is 24.2 Å². The summed E-state index contributed by atoms with van der Waals surface area (Å²) in [6.07, 6.45) is -2.18. The molecule has 0 aliphatic carbocycles. The number of nitrogens with zero attached hydrogens (tertiary/aromatic N) is 2. The molecule has 1 aromatic carbocycles. The fourth-order valence-corrected chi connectivity index (χ4v) is 1.67. The molecule has 0 amide bonds. The van der Waals surface area contributed by atoms with Crippen molar-refractivity contribution in [1.29, 1.82) is 0 Å². The van der Waals surface area contributed by atoms with E-state index in [1.54, 1.807) is 0 Å². The molecule has 9 heteroatoms. The molecule has 1 heterocycles. The summed E-state index contributed by atoms with van der Waals surface area (Å²) in [7, 11) is -1.75. The molecule has 100 valence electrons. The zero-order valence-electron chi connectivity index (χ0n) is 9.26. The van der Waals surface area contributed by atoms with E-state index in [0.29, 0.717) is 0 Å². The van der Waals surface area contributed by atoms with Gasteiger partial charge < -0.3 is 10.0 Å². The molecule has 0 radical (unpaired) electrons. The van der Waals surface area contributed by atoms with E-state index < -0.39 is 18.9 Å². The summed E-state index contributed by atoms with van der Waals surface area (Å²) in [5.41, 5.74) is -0.814. The molecule has 0 aliphatic heterocycles. The second kappa shape index (κ2) is 4.88. The first-order valence-electron chi connectivity index (χ1n) is 5.07. The summed E-state index contributed by atoms with van der Waals surface area (Å²) in [6, 6.07) is 2.80. The number of benzene rings is 1. The summed E-state index contributed by atoms with van der Waals surface area (Å²) in [5, 5.41) is 21.7. The van der Waals surface area contributed by atoms with Crippen molar-refractivity contribution in [2.24, 2.45) is 0 Å². The van der Waals surface area contributed by atoms with Crippen LogP contribution < -0.4 is 5.46 Å². The van der Waals surface area contributed by atoms with E-state index in [1.165, 1.54) is 6.20 Å². The van der Waals surface area contributed by atoms with Crippen molar-refractivity contribution < 1.29 is 23.2 Å². The molecule has 0 saturated heterocycles. The molecular weight excluding hydrogens is 283 g/mol. The molecule has 0 saturated carbocycles. The van der Waals surface area contributed by atoms with Crippen LogP contribution in [0.3, 0.4) is 0 Å². The maximum absolute atomic E-state index is 12.6. The minimum absolute atomic E-state index is 0.00314. The fourth-order valence-electron chi connectivity index (χ4n) is 1.47. The lowest BCUT2D eigenvalue weighted by molar-refractivity contribution is -0.137. The standard InChI is InChI=1S/C10H7BClF3N2O2/c12-8-2-1-6(10(13,14)15)3-9(8)17-5-7(4-16-17)11(18)19/h1-5,18-19H. The third-order valence-electron chi connectivity index (χ3n) is 2.42. The lowest BCUT2D eigenvalue weighted by Crippen LogP contribution is -2.28. The van der Waals surface area contributed by atoms with Crippen LogP contribution in [0.25, 0.3) is 5.69 Å². The topological polar surface area (TPSA) is 58.3 Å². The van der Waals surface area contributed by atoms with E-state index in [1.807, 2.05) is 0 Å². The van der Waals surface area contributed by atoms with Gasteiger partial charge in [-0.2, -0.15) is 18.3 Å². The van der Waals surface area contributed by atoms with Crippen LogP contribution in [-0.2, 0) is 6.18 Å². The molecule has 0 aliphatic rings. The normalized spacial score (nSPS) is 11.7. The zero-order valence-corrected chi connectivity index (χ0v) is 10.0. The molecule has 19 heavy (non-hydrogen) atoms. The first-order chi connectivity index (χ1) is 8.79. The number of alkyl halides is 3. The Morgan fingerprint density at radius 3 is 2.47 bits per heavy atom. The fraction of sp³-hybridized carbons (Fsp3) is 0.100. The van der Waals surface area contributed by atoms with Crippen LogP contribution >= 0.6 is 11.6 Å². The Morgan fingerprint density at radius 2 is 1.95 bits per heavy atom. The molecule has 0 unspecified atom stereocenters. The minimum atomic E-state index is -4.49. The van der Waals surface area contributed by atoms with Gasteiger partial charge in [-0.15, -0.1) is 0 Å². The molecule has 1 aromatic heterocycles. The number of hydrogen-bond acceptors (Lipinski definition) is 3. The van der Waals surface area contributed by atoms with Crippen LogP contribution in [0.15, 0.2) is 30.6 Å². The van der Waals surface area contributed by atoms with E-state index in [2.05, 4.69) is 5.10 Å². The van der Waals surface area contributed by atoms with Crippen LogP contribution in [0.1, 0.15) is 5.56 Å². The van der Waals surface area contributed by atoms with Gasteiger partial charge in [-0.3, -0.25) is 0 Å². The second-order valence-electron chi connectivity index (χ2n) is 3.76. The van der Waals surface area contributed by atoms with Gasteiger partial charge in [-0.25, -0.2) is 4.68 Å². The van der Waals surface area contributed by atoms with Gasteiger partial charge in [0.05, 0.1) is 16.3 Å². The van der Waals surface area contributed by atoms with Crippen molar-refractivity contribution in [3.05, 3.63) is 41.2 Å². The van der Waals surface area contributed by atoms with Crippen LogP contribution in [-0.4, -0.2) is 26.9 Å². The Kier molecular flexibility index (Phi) is 3.57. The van der Waals surface area contributed by atoms with Crippen molar-refractivity contribution in [3.8, 4) is 5.69 Å². The molecule has 2 rings (SSSR count). The molecule has 0 spiro atoms. The van der Waals surface area contributed by atoms with Gasteiger partial charge in [0.25, 0.3) is 0 Å². The average Bonchev–Trinajstić information content (AvgIpc) is 2.77. The van der Waals surface area contributed by atoms with Crippen LogP contribution in [0.5, 0.6) is 0 Å². The van der Waals surface area contributed by atoms with Crippen LogP contribution in [0.4, 0.5) is 13.2 Å². The smallest absolute Gasteiger partial charge is 0.423 e. The predicted octanol–water partition coefficient (Wildman–Crippen LogP) is 1.22. The Bertz CT molecular complexity index is 601. The number of halogens is 4. The SMILES string of the molecule is OB(O)c1cnn(-c2cc(C(F)(F)F)ccc2Cl)c1.